The zero-order valence-corrected chi connectivity index (χ0v) is 11.3. The second-order valence-electron chi connectivity index (χ2n) is 5.47. The molecule has 1 saturated heterocycles. The van der Waals surface area contributed by atoms with Gasteiger partial charge in [-0.15, -0.1) is 0 Å². The normalized spacial score (nSPS) is 20.2. The Labute approximate surface area is 109 Å². The lowest BCUT2D eigenvalue weighted by Gasteiger charge is -2.33. The molecule has 0 spiro atoms. The van der Waals surface area contributed by atoms with Gasteiger partial charge in [-0.3, -0.25) is 9.59 Å². The Morgan fingerprint density at radius 3 is 2.78 bits per heavy atom. The maximum Gasteiger partial charge on any atom is 0.317 e. The van der Waals surface area contributed by atoms with E-state index in [1.54, 1.807) is 0 Å². The number of likely N-dealkylation sites (tertiary alicyclic amines) is 1. The molecule has 1 aliphatic rings. The molecule has 1 rings (SSSR count). The van der Waals surface area contributed by atoms with E-state index in [0.717, 1.165) is 25.9 Å². The molecule has 1 heterocycles. The summed E-state index contributed by atoms with van der Waals surface area (Å²) in [6.45, 7) is 6.38. The molecule has 0 saturated carbocycles. The molecule has 0 bridgehead atoms. The van der Waals surface area contributed by atoms with Gasteiger partial charge in [-0.25, -0.2) is 0 Å². The molecule has 104 valence electrons. The molecule has 5 nitrogen and oxygen atoms in total. The maximum absolute atomic E-state index is 11.9. The van der Waals surface area contributed by atoms with Gasteiger partial charge in [-0.1, -0.05) is 13.8 Å². The maximum atomic E-state index is 11.9. The summed E-state index contributed by atoms with van der Waals surface area (Å²) in [5.74, 6) is 0.170. The number of carboxylic acid groups (broad SMARTS) is 1. The van der Waals surface area contributed by atoms with Crippen LogP contribution in [0.15, 0.2) is 0 Å². The van der Waals surface area contributed by atoms with Crippen LogP contribution in [-0.4, -0.2) is 48.1 Å². The Kier molecular flexibility index (Phi) is 6.12. The molecule has 0 aromatic carbocycles. The average Bonchev–Trinajstić information content (AvgIpc) is 2.28. The van der Waals surface area contributed by atoms with E-state index in [4.69, 9.17) is 5.11 Å². The van der Waals surface area contributed by atoms with Crippen LogP contribution in [0.1, 0.15) is 33.1 Å². The first-order valence-corrected chi connectivity index (χ1v) is 6.69. The third-order valence-corrected chi connectivity index (χ3v) is 3.16. The van der Waals surface area contributed by atoms with E-state index in [1.165, 1.54) is 0 Å². The monoisotopic (exact) mass is 256 g/mol. The first-order valence-electron chi connectivity index (χ1n) is 6.69. The molecule has 18 heavy (non-hydrogen) atoms. The van der Waals surface area contributed by atoms with Crippen LogP contribution in [0.25, 0.3) is 0 Å². The predicted molar refractivity (Wildman–Crippen MR) is 69.3 cm³/mol. The van der Waals surface area contributed by atoms with E-state index >= 15 is 0 Å². The Bertz CT molecular complexity index is 292. The van der Waals surface area contributed by atoms with Gasteiger partial charge in [-0.2, -0.15) is 0 Å². The van der Waals surface area contributed by atoms with Crippen molar-refractivity contribution in [2.24, 2.45) is 11.8 Å². The Balaban J connectivity index is 2.31. The molecule has 1 aliphatic heterocycles. The predicted octanol–water partition coefficient (Wildman–Crippen LogP) is 0.945. The van der Waals surface area contributed by atoms with Crippen LogP contribution in [-0.2, 0) is 9.59 Å². The van der Waals surface area contributed by atoms with Crippen LogP contribution in [0, 0.1) is 11.8 Å². The van der Waals surface area contributed by atoms with Gasteiger partial charge in [0.2, 0.25) is 5.91 Å². The van der Waals surface area contributed by atoms with Gasteiger partial charge in [0.25, 0.3) is 0 Å². The summed E-state index contributed by atoms with van der Waals surface area (Å²) in [6.07, 6.45) is 2.69. The molecule has 1 unspecified atom stereocenters. The highest BCUT2D eigenvalue weighted by atomic mass is 16.4. The second-order valence-corrected chi connectivity index (χ2v) is 5.47. The van der Waals surface area contributed by atoms with Crippen molar-refractivity contribution >= 4 is 11.9 Å². The molecular formula is C13H24N2O3. The van der Waals surface area contributed by atoms with Crippen molar-refractivity contribution in [1.29, 1.82) is 0 Å². The number of amides is 1. The second kappa shape index (κ2) is 7.36. The van der Waals surface area contributed by atoms with Crippen molar-refractivity contribution in [2.45, 2.75) is 33.1 Å². The molecule has 0 aromatic heterocycles. The lowest BCUT2D eigenvalue weighted by molar-refractivity contribution is -0.136. The minimum atomic E-state index is -0.835. The van der Waals surface area contributed by atoms with Gasteiger partial charge < -0.3 is 15.3 Å². The highest BCUT2D eigenvalue weighted by Gasteiger charge is 2.23. The molecule has 2 N–H and O–H groups in total. The number of nitrogens with zero attached hydrogens (tertiary/aromatic N) is 1. The molecular weight excluding hydrogens is 232 g/mol. The van der Waals surface area contributed by atoms with Crippen molar-refractivity contribution in [1.82, 2.24) is 10.2 Å². The van der Waals surface area contributed by atoms with E-state index in [9.17, 15) is 9.59 Å². The highest BCUT2D eigenvalue weighted by Crippen LogP contribution is 2.17. The summed E-state index contributed by atoms with van der Waals surface area (Å²) in [5, 5.41) is 11.5. The summed E-state index contributed by atoms with van der Waals surface area (Å²) in [5.41, 5.74) is 0. The van der Waals surface area contributed by atoms with E-state index in [0.29, 0.717) is 24.8 Å². The standard InChI is InChI=1S/C13H24N2O3/c1-10(2)6-12(16)15-5-3-4-11(9-15)7-14-8-13(17)18/h10-11,14H,3-9H2,1-2H3,(H,17,18). The number of carbonyl (C=O) groups is 2. The van der Waals surface area contributed by atoms with Crippen LogP contribution in [0.3, 0.4) is 0 Å². The lowest BCUT2D eigenvalue weighted by atomic mass is 9.97. The van der Waals surface area contributed by atoms with E-state index < -0.39 is 5.97 Å². The molecule has 1 atom stereocenters. The van der Waals surface area contributed by atoms with Gasteiger partial charge >= 0.3 is 5.97 Å². The van der Waals surface area contributed by atoms with Crippen molar-refractivity contribution in [3.05, 3.63) is 0 Å². The van der Waals surface area contributed by atoms with E-state index in [1.807, 2.05) is 18.7 Å². The number of piperidine rings is 1. The van der Waals surface area contributed by atoms with Crippen molar-refractivity contribution < 1.29 is 14.7 Å². The van der Waals surface area contributed by atoms with Gasteiger partial charge in [0.15, 0.2) is 0 Å². The summed E-state index contributed by atoms with van der Waals surface area (Å²) in [4.78, 5) is 24.3. The van der Waals surface area contributed by atoms with Crippen LogP contribution in [0.4, 0.5) is 0 Å². The first kappa shape index (κ1) is 15.0. The third-order valence-electron chi connectivity index (χ3n) is 3.16. The first-order chi connectivity index (χ1) is 8.49. The zero-order chi connectivity index (χ0) is 13.5. The fourth-order valence-corrected chi connectivity index (χ4v) is 2.32. The fraction of sp³-hybridized carbons (Fsp3) is 0.846. The zero-order valence-electron chi connectivity index (χ0n) is 11.3. The minimum absolute atomic E-state index is 0.00353. The lowest BCUT2D eigenvalue weighted by Crippen LogP contribution is -2.43. The molecule has 5 heteroatoms. The molecule has 1 amide bonds. The number of aliphatic carboxylic acids is 1. The molecule has 0 aromatic rings. The van der Waals surface area contributed by atoms with Crippen molar-refractivity contribution in [3.63, 3.8) is 0 Å². The number of hydrogen-bond donors (Lipinski definition) is 2. The smallest absolute Gasteiger partial charge is 0.317 e. The Morgan fingerprint density at radius 2 is 2.17 bits per heavy atom. The number of carboxylic acids is 1. The molecule has 0 aliphatic carbocycles. The van der Waals surface area contributed by atoms with Crippen LogP contribution in [0.5, 0.6) is 0 Å². The van der Waals surface area contributed by atoms with Crippen molar-refractivity contribution in [3.8, 4) is 0 Å². The van der Waals surface area contributed by atoms with Gasteiger partial charge in [0, 0.05) is 26.1 Å². The highest BCUT2D eigenvalue weighted by molar-refractivity contribution is 5.76. The largest absolute Gasteiger partial charge is 0.480 e. The summed E-state index contributed by atoms with van der Waals surface area (Å²) < 4.78 is 0. The minimum Gasteiger partial charge on any atom is -0.480 e. The Hall–Kier alpha value is -1.10. The van der Waals surface area contributed by atoms with E-state index in [-0.39, 0.29) is 12.5 Å². The molecule has 0 radical (unpaired) electrons. The van der Waals surface area contributed by atoms with Crippen molar-refractivity contribution in [2.75, 3.05) is 26.2 Å². The van der Waals surface area contributed by atoms with Gasteiger partial charge in [0.1, 0.15) is 0 Å². The SMILES string of the molecule is CC(C)CC(=O)N1CCCC(CNCC(=O)O)C1. The summed E-state index contributed by atoms with van der Waals surface area (Å²) in [7, 11) is 0. The number of nitrogens with one attached hydrogen (secondary N) is 1. The quantitative estimate of drug-likeness (QED) is 0.742. The number of carbonyl (C=O) groups excluding carboxylic acids is 1. The van der Waals surface area contributed by atoms with Crippen LogP contribution < -0.4 is 5.32 Å². The number of rotatable bonds is 6. The van der Waals surface area contributed by atoms with Gasteiger partial charge in [0.05, 0.1) is 6.54 Å². The third kappa shape index (κ3) is 5.49. The van der Waals surface area contributed by atoms with E-state index in [2.05, 4.69) is 5.32 Å². The van der Waals surface area contributed by atoms with Crippen LogP contribution in [0.2, 0.25) is 0 Å². The summed E-state index contributed by atoms with van der Waals surface area (Å²) in [6, 6.07) is 0. The van der Waals surface area contributed by atoms with Crippen LogP contribution >= 0.6 is 0 Å². The number of hydrogen-bond acceptors (Lipinski definition) is 3. The Morgan fingerprint density at radius 1 is 1.44 bits per heavy atom. The average molecular weight is 256 g/mol. The topological polar surface area (TPSA) is 69.6 Å². The van der Waals surface area contributed by atoms with Gasteiger partial charge in [-0.05, 0) is 24.7 Å². The molecule has 1 fully saturated rings. The summed E-state index contributed by atoms with van der Waals surface area (Å²) >= 11 is 0. The fourth-order valence-electron chi connectivity index (χ4n) is 2.32.